The Labute approximate surface area is 138 Å². The Kier molecular flexibility index (Phi) is 4.21. The maximum absolute atomic E-state index is 5.87. The number of thiophene rings is 1. The molecule has 0 radical (unpaired) electrons. The third-order valence-corrected chi connectivity index (χ3v) is 6.92. The lowest BCUT2D eigenvalue weighted by Crippen LogP contribution is -2.28. The summed E-state index contributed by atoms with van der Waals surface area (Å²) >= 11 is 8.64. The van der Waals surface area contributed by atoms with Crippen LogP contribution in [0.25, 0.3) is 0 Å². The molecule has 2 N–H and O–H groups in total. The van der Waals surface area contributed by atoms with Crippen molar-refractivity contribution in [3.05, 3.63) is 36.9 Å². The van der Waals surface area contributed by atoms with Crippen LogP contribution in [0.4, 0.5) is 0 Å². The normalized spacial score (nSPS) is 22.8. The second-order valence-electron chi connectivity index (χ2n) is 4.86. The fourth-order valence-corrected chi connectivity index (χ4v) is 5.69. The van der Waals surface area contributed by atoms with Crippen molar-refractivity contribution in [2.45, 2.75) is 25.3 Å². The van der Waals surface area contributed by atoms with Gasteiger partial charge in [-0.3, -0.25) is 0 Å². The van der Waals surface area contributed by atoms with E-state index in [0.717, 1.165) is 28.1 Å². The lowest BCUT2D eigenvalue weighted by atomic mass is 10.0. The molecule has 1 atom stereocenters. The maximum atomic E-state index is 5.87. The number of hydrogen-bond donors (Lipinski definition) is 1. The number of halogens is 1. The topological polar surface area (TPSA) is 51.3 Å². The van der Waals surface area contributed by atoms with Crippen LogP contribution in [0.3, 0.4) is 0 Å². The number of nitrogens with zero attached hydrogens (tertiary/aromatic N) is 2. The molecular weight excluding hydrogens is 374 g/mol. The van der Waals surface area contributed by atoms with Crippen LogP contribution in [0.5, 0.6) is 0 Å². The summed E-state index contributed by atoms with van der Waals surface area (Å²) in [5, 5.41) is 3.87. The number of thioether (sulfide) groups is 1. The van der Waals surface area contributed by atoms with Gasteiger partial charge in [0.15, 0.2) is 5.17 Å². The van der Waals surface area contributed by atoms with Crippen LogP contribution in [0, 0.1) is 0 Å². The highest BCUT2D eigenvalue weighted by atomic mass is 79.9. The third kappa shape index (κ3) is 3.10. The molecule has 0 amide bonds. The maximum Gasteiger partial charge on any atom is 0.154 e. The Morgan fingerprint density at radius 3 is 3.00 bits per heavy atom. The zero-order valence-corrected chi connectivity index (χ0v) is 15.0. The monoisotopic (exact) mass is 387 g/mol. The van der Waals surface area contributed by atoms with Crippen LogP contribution >= 0.6 is 50.4 Å². The molecule has 0 fully saturated rings. The van der Waals surface area contributed by atoms with Crippen molar-refractivity contribution in [3.63, 3.8) is 0 Å². The molecule has 3 nitrogen and oxygen atoms in total. The summed E-state index contributed by atoms with van der Waals surface area (Å²) in [6, 6.07) is 2.17. The zero-order chi connectivity index (χ0) is 14.2. The van der Waals surface area contributed by atoms with E-state index < -0.39 is 0 Å². The van der Waals surface area contributed by atoms with Gasteiger partial charge in [0, 0.05) is 38.0 Å². The number of aliphatic imine (C=N–C) groups is 1. The minimum atomic E-state index is -0.242. The standard InChI is InChI=1S/C13H14BrN3S3/c1-13(2-3-18-12(15)17-13)11-16-6-10(20-11)5-9-4-8(14)7-19-9/h4,6-7H,2-3,5H2,1H3,(H2,15,17). The van der Waals surface area contributed by atoms with Gasteiger partial charge in [0.25, 0.3) is 0 Å². The van der Waals surface area contributed by atoms with Gasteiger partial charge >= 0.3 is 0 Å². The molecule has 106 valence electrons. The number of hydrogen-bond acceptors (Lipinski definition) is 6. The summed E-state index contributed by atoms with van der Waals surface area (Å²) in [6.45, 7) is 2.13. The summed E-state index contributed by atoms with van der Waals surface area (Å²) in [7, 11) is 0. The van der Waals surface area contributed by atoms with Crippen molar-refractivity contribution in [3.8, 4) is 0 Å². The highest BCUT2D eigenvalue weighted by Crippen LogP contribution is 2.37. The summed E-state index contributed by atoms with van der Waals surface area (Å²) in [5.41, 5.74) is 5.63. The fourth-order valence-electron chi connectivity index (χ4n) is 2.10. The molecule has 1 aliphatic rings. The highest BCUT2D eigenvalue weighted by molar-refractivity contribution is 9.10. The van der Waals surface area contributed by atoms with Gasteiger partial charge in [0.1, 0.15) is 10.5 Å². The Bertz CT molecular complexity index is 649. The van der Waals surface area contributed by atoms with Gasteiger partial charge in [-0.2, -0.15) is 0 Å². The van der Waals surface area contributed by atoms with E-state index in [-0.39, 0.29) is 5.54 Å². The van der Waals surface area contributed by atoms with Gasteiger partial charge in [0.05, 0.1) is 0 Å². The highest BCUT2D eigenvalue weighted by Gasteiger charge is 2.32. The van der Waals surface area contributed by atoms with E-state index in [2.05, 4.69) is 44.3 Å². The van der Waals surface area contributed by atoms with Crippen molar-refractivity contribution < 1.29 is 0 Å². The molecule has 0 saturated carbocycles. The third-order valence-electron chi connectivity index (χ3n) is 3.18. The number of rotatable bonds is 3. The Morgan fingerprint density at radius 2 is 2.30 bits per heavy atom. The molecule has 0 saturated heterocycles. The van der Waals surface area contributed by atoms with Gasteiger partial charge in [-0.25, -0.2) is 9.98 Å². The van der Waals surface area contributed by atoms with E-state index >= 15 is 0 Å². The first-order chi connectivity index (χ1) is 9.55. The Morgan fingerprint density at radius 1 is 1.45 bits per heavy atom. The van der Waals surface area contributed by atoms with Crippen molar-refractivity contribution >= 4 is 55.5 Å². The molecule has 0 aromatic carbocycles. The quantitative estimate of drug-likeness (QED) is 0.856. The summed E-state index contributed by atoms with van der Waals surface area (Å²) < 4.78 is 1.15. The second-order valence-corrected chi connectivity index (χ2v) is 9.00. The molecular formula is C13H14BrN3S3. The molecule has 0 bridgehead atoms. The number of amidine groups is 1. The first-order valence-corrected chi connectivity index (χ1v) is 9.69. The molecule has 20 heavy (non-hydrogen) atoms. The van der Waals surface area contributed by atoms with Crippen LogP contribution in [0.15, 0.2) is 27.1 Å². The Hall–Kier alpha value is -0.370. The molecule has 1 unspecified atom stereocenters. The van der Waals surface area contributed by atoms with Gasteiger partial charge in [0.2, 0.25) is 0 Å². The van der Waals surface area contributed by atoms with E-state index in [9.17, 15) is 0 Å². The van der Waals surface area contributed by atoms with E-state index in [1.807, 2.05) is 6.20 Å². The van der Waals surface area contributed by atoms with Crippen LogP contribution in [0.2, 0.25) is 0 Å². The molecule has 3 rings (SSSR count). The number of thiazole rings is 1. The van der Waals surface area contributed by atoms with Crippen LogP contribution in [0.1, 0.15) is 28.1 Å². The molecule has 3 heterocycles. The average molecular weight is 388 g/mol. The van der Waals surface area contributed by atoms with Gasteiger partial charge in [-0.1, -0.05) is 11.8 Å². The van der Waals surface area contributed by atoms with E-state index in [1.165, 1.54) is 9.75 Å². The minimum absolute atomic E-state index is 0.242. The molecule has 2 aromatic heterocycles. The van der Waals surface area contributed by atoms with Crippen LogP contribution in [-0.4, -0.2) is 15.9 Å². The average Bonchev–Trinajstić information content (AvgIpc) is 2.99. The number of nitrogens with two attached hydrogens (primary N) is 1. The van der Waals surface area contributed by atoms with Crippen LogP contribution < -0.4 is 5.73 Å². The smallest absolute Gasteiger partial charge is 0.154 e. The molecule has 2 aromatic rings. The molecule has 0 aliphatic carbocycles. The van der Waals surface area contributed by atoms with Crippen molar-refractivity contribution in [2.75, 3.05) is 5.75 Å². The summed E-state index contributed by atoms with van der Waals surface area (Å²) in [5.74, 6) is 1.01. The predicted molar refractivity (Wildman–Crippen MR) is 93.0 cm³/mol. The molecule has 0 spiro atoms. The van der Waals surface area contributed by atoms with E-state index in [4.69, 9.17) is 5.73 Å². The summed E-state index contributed by atoms with van der Waals surface area (Å²) in [6.07, 6.45) is 3.92. The largest absolute Gasteiger partial charge is 0.379 e. The van der Waals surface area contributed by atoms with Gasteiger partial charge < -0.3 is 5.73 Å². The Balaban J connectivity index is 1.81. The van der Waals surface area contributed by atoms with E-state index in [0.29, 0.717) is 5.17 Å². The van der Waals surface area contributed by atoms with Gasteiger partial charge in [-0.15, -0.1) is 22.7 Å². The second kappa shape index (κ2) is 5.79. The molecule has 7 heteroatoms. The molecule has 1 aliphatic heterocycles. The van der Waals surface area contributed by atoms with Gasteiger partial charge in [-0.05, 0) is 35.3 Å². The SMILES string of the molecule is CC1(c2ncc(Cc3cc(Br)cs3)s2)CCSC(N)=N1. The van der Waals surface area contributed by atoms with Crippen molar-refractivity contribution in [2.24, 2.45) is 10.7 Å². The van der Waals surface area contributed by atoms with Crippen LogP contribution in [-0.2, 0) is 12.0 Å². The zero-order valence-electron chi connectivity index (χ0n) is 10.9. The minimum Gasteiger partial charge on any atom is -0.379 e. The lowest BCUT2D eigenvalue weighted by Gasteiger charge is -2.26. The lowest BCUT2D eigenvalue weighted by molar-refractivity contribution is 0.479. The fraction of sp³-hybridized carbons (Fsp3) is 0.385. The number of aromatic nitrogens is 1. The summed E-state index contributed by atoms with van der Waals surface area (Å²) in [4.78, 5) is 11.8. The van der Waals surface area contributed by atoms with Crippen molar-refractivity contribution in [1.82, 2.24) is 4.98 Å². The first-order valence-electron chi connectivity index (χ1n) is 6.21. The first kappa shape index (κ1) is 14.6. The van der Waals surface area contributed by atoms with E-state index in [1.54, 1.807) is 34.4 Å². The predicted octanol–water partition coefficient (Wildman–Crippen LogP) is 4.22. The van der Waals surface area contributed by atoms with Crippen molar-refractivity contribution in [1.29, 1.82) is 0 Å².